The van der Waals surface area contributed by atoms with Crippen molar-refractivity contribution in [3.63, 3.8) is 0 Å². The van der Waals surface area contributed by atoms with Crippen molar-refractivity contribution < 1.29 is 44.6 Å². The van der Waals surface area contributed by atoms with Crippen LogP contribution in [0, 0.1) is 17.5 Å². The van der Waals surface area contributed by atoms with Crippen LogP contribution in [0.5, 0.6) is 11.5 Å². The van der Waals surface area contributed by atoms with Gasteiger partial charge < -0.3 is 9.47 Å². The molecule has 0 amide bonds. The highest BCUT2D eigenvalue weighted by Crippen LogP contribution is 2.36. The van der Waals surface area contributed by atoms with Crippen LogP contribution < -0.4 is 9.47 Å². The molecule has 244 valence electrons. The summed E-state index contributed by atoms with van der Waals surface area (Å²) in [4.78, 5) is 0. The molecule has 0 saturated heterocycles. The Hall–Kier alpha value is -4.86. The van der Waals surface area contributed by atoms with Crippen molar-refractivity contribution in [2.75, 3.05) is 0 Å². The number of alkyl halides is 5. The van der Waals surface area contributed by atoms with Crippen LogP contribution in [0.1, 0.15) is 37.3 Å². The first-order valence-corrected chi connectivity index (χ1v) is 14.7. The lowest BCUT2D eigenvalue weighted by molar-refractivity contribution is -0.276. The molecule has 47 heavy (non-hydrogen) atoms. The van der Waals surface area contributed by atoms with Crippen LogP contribution in [0.15, 0.2) is 103 Å². The van der Waals surface area contributed by atoms with Gasteiger partial charge in [-0.1, -0.05) is 80.4 Å². The molecule has 0 saturated carbocycles. The zero-order valence-corrected chi connectivity index (χ0v) is 25.0. The lowest BCUT2D eigenvalue weighted by atomic mass is 9.97. The number of ether oxygens (including phenoxy) is 2. The molecule has 0 N–H and O–H groups in total. The zero-order chi connectivity index (χ0) is 33.8. The second-order valence-electron chi connectivity index (χ2n) is 10.9. The Morgan fingerprint density at radius 1 is 0.532 bits per heavy atom. The minimum Gasteiger partial charge on any atom is -0.429 e. The molecule has 0 aliphatic heterocycles. The standard InChI is InChI=1S/C37H28F8O2/c1-2-3-4-5-23-6-8-24(9-7-23)27-14-19-31(32(38)20-27)26-10-15-29(16-11-26)36(41,42)46-30-17-12-25(13-18-30)28-21-33(39)35(34(40)22-28)47-37(43,44)45/h6-22H,2-5H2,1H3. The van der Waals surface area contributed by atoms with Crippen molar-refractivity contribution in [2.24, 2.45) is 0 Å². The van der Waals surface area contributed by atoms with E-state index in [4.69, 9.17) is 4.74 Å². The van der Waals surface area contributed by atoms with Gasteiger partial charge in [-0.15, -0.1) is 13.2 Å². The van der Waals surface area contributed by atoms with Gasteiger partial charge in [0.2, 0.25) is 5.75 Å². The van der Waals surface area contributed by atoms with E-state index in [1.165, 1.54) is 35.9 Å². The first kappa shape index (κ1) is 33.5. The van der Waals surface area contributed by atoms with Gasteiger partial charge in [0.05, 0.1) is 5.56 Å². The topological polar surface area (TPSA) is 18.5 Å². The lowest BCUT2D eigenvalue weighted by Crippen LogP contribution is -2.21. The third-order valence-corrected chi connectivity index (χ3v) is 7.51. The van der Waals surface area contributed by atoms with E-state index in [-0.39, 0.29) is 22.4 Å². The van der Waals surface area contributed by atoms with Gasteiger partial charge in [0.1, 0.15) is 11.6 Å². The molecule has 0 spiro atoms. The predicted molar refractivity (Wildman–Crippen MR) is 163 cm³/mol. The molecule has 0 aromatic heterocycles. The van der Waals surface area contributed by atoms with Crippen molar-refractivity contribution in [2.45, 2.75) is 45.1 Å². The third kappa shape index (κ3) is 8.30. The quantitative estimate of drug-likeness (QED) is 0.104. The van der Waals surface area contributed by atoms with Crippen LogP contribution in [0.4, 0.5) is 35.1 Å². The average Bonchev–Trinajstić information content (AvgIpc) is 3.03. The summed E-state index contributed by atoms with van der Waals surface area (Å²) in [5, 5.41) is 0. The van der Waals surface area contributed by atoms with Crippen LogP contribution in [0.3, 0.4) is 0 Å². The second kappa shape index (κ2) is 13.9. The highest BCUT2D eigenvalue weighted by Gasteiger charge is 2.35. The zero-order valence-electron chi connectivity index (χ0n) is 25.0. The summed E-state index contributed by atoms with van der Waals surface area (Å²) in [6.07, 6.45) is -4.69. The number of rotatable bonds is 11. The molecule has 10 heteroatoms. The lowest BCUT2D eigenvalue weighted by Gasteiger charge is -2.19. The number of halogens is 8. The number of benzene rings is 5. The summed E-state index contributed by atoms with van der Waals surface area (Å²) >= 11 is 0. The Labute approximate surface area is 266 Å². The first-order chi connectivity index (χ1) is 22.3. The maximum absolute atomic E-state index is 15.1. The molecule has 0 aliphatic rings. The summed E-state index contributed by atoms with van der Waals surface area (Å²) in [5.74, 6) is -5.59. The number of unbranched alkanes of at least 4 members (excludes halogenated alkanes) is 2. The molecule has 0 heterocycles. The van der Waals surface area contributed by atoms with Crippen LogP contribution in [-0.4, -0.2) is 6.36 Å². The van der Waals surface area contributed by atoms with Crippen LogP contribution >= 0.6 is 0 Å². The van der Waals surface area contributed by atoms with E-state index in [0.29, 0.717) is 23.3 Å². The van der Waals surface area contributed by atoms with Crippen molar-refractivity contribution in [1.29, 1.82) is 0 Å². The molecule has 5 aromatic carbocycles. The van der Waals surface area contributed by atoms with E-state index in [1.807, 2.05) is 24.3 Å². The molecule has 0 aliphatic carbocycles. The molecular formula is C37H28F8O2. The fourth-order valence-corrected chi connectivity index (χ4v) is 5.08. The molecule has 0 atom stereocenters. The van der Waals surface area contributed by atoms with E-state index >= 15 is 13.2 Å². The van der Waals surface area contributed by atoms with Gasteiger partial charge in [-0.25, -0.2) is 13.2 Å². The molecule has 0 fully saturated rings. The summed E-state index contributed by atoms with van der Waals surface area (Å²) in [6.45, 7) is 2.15. The Morgan fingerprint density at radius 2 is 1.06 bits per heavy atom. The molecule has 5 rings (SSSR count). The predicted octanol–water partition coefficient (Wildman–Crippen LogP) is 11.9. The van der Waals surface area contributed by atoms with Crippen molar-refractivity contribution >= 4 is 0 Å². The molecule has 0 unspecified atom stereocenters. The first-order valence-electron chi connectivity index (χ1n) is 14.7. The molecule has 0 bridgehead atoms. The minimum atomic E-state index is -5.30. The van der Waals surface area contributed by atoms with Crippen molar-refractivity contribution in [3.8, 4) is 44.9 Å². The van der Waals surface area contributed by atoms with Crippen LogP contribution in [0.2, 0.25) is 0 Å². The third-order valence-electron chi connectivity index (χ3n) is 7.51. The minimum absolute atomic E-state index is 0.119. The van der Waals surface area contributed by atoms with E-state index in [0.717, 1.165) is 55.5 Å². The summed E-state index contributed by atoms with van der Waals surface area (Å²) < 4.78 is 119. The summed E-state index contributed by atoms with van der Waals surface area (Å²) in [5.41, 5.74) is 2.86. The Balaban J connectivity index is 1.26. The Kier molecular flexibility index (Phi) is 9.88. The molecule has 5 aromatic rings. The molecule has 0 radical (unpaired) electrons. The highest BCUT2D eigenvalue weighted by molar-refractivity contribution is 5.71. The van der Waals surface area contributed by atoms with Gasteiger partial charge in [0.25, 0.3) is 0 Å². The van der Waals surface area contributed by atoms with Gasteiger partial charge in [-0.2, -0.15) is 8.78 Å². The van der Waals surface area contributed by atoms with Crippen LogP contribution in [0.25, 0.3) is 33.4 Å². The number of hydrogen-bond donors (Lipinski definition) is 0. The van der Waals surface area contributed by atoms with E-state index in [1.54, 1.807) is 12.1 Å². The van der Waals surface area contributed by atoms with Gasteiger partial charge >= 0.3 is 12.5 Å². The second-order valence-corrected chi connectivity index (χ2v) is 10.9. The van der Waals surface area contributed by atoms with Gasteiger partial charge in [-0.3, -0.25) is 0 Å². The SMILES string of the molecule is CCCCCc1ccc(-c2ccc(-c3ccc(C(F)(F)Oc4ccc(-c5cc(F)c(OC(F)(F)F)c(F)c5)cc4)cc3)c(F)c2)cc1. The van der Waals surface area contributed by atoms with Crippen molar-refractivity contribution in [1.82, 2.24) is 0 Å². The number of aryl methyl sites for hydroxylation is 1. The normalized spacial score (nSPS) is 11.9. The van der Waals surface area contributed by atoms with Gasteiger partial charge in [0.15, 0.2) is 11.6 Å². The van der Waals surface area contributed by atoms with Gasteiger partial charge in [0, 0.05) is 5.56 Å². The fourth-order valence-electron chi connectivity index (χ4n) is 5.08. The van der Waals surface area contributed by atoms with Gasteiger partial charge in [-0.05, 0) is 88.7 Å². The highest BCUT2D eigenvalue weighted by atomic mass is 19.4. The van der Waals surface area contributed by atoms with E-state index < -0.39 is 41.2 Å². The monoisotopic (exact) mass is 656 g/mol. The maximum atomic E-state index is 15.1. The number of hydrogen-bond acceptors (Lipinski definition) is 2. The summed E-state index contributed by atoms with van der Waals surface area (Å²) in [6, 6.07) is 23.6. The van der Waals surface area contributed by atoms with Crippen LogP contribution in [-0.2, 0) is 12.5 Å². The van der Waals surface area contributed by atoms with E-state index in [2.05, 4.69) is 11.7 Å². The molecular weight excluding hydrogens is 628 g/mol. The Bertz CT molecular complexity index is 1790. The summed E-state index contributed by atoms with van der Waals surface area (Å²) in [7, 11) is 0. The Morgan fingerprint density at radius 3 is 1.64 bits per heavy atom. The molecule has 2 nitrogen and oxygen atoms in total. The smallest absolute Gasteiger partial charge is 0.429 e. The fraction of sp³-hybridized carbons (Fsp3) is 0.189. The maximum Gasteiger partial charge on any atom is 0.573 e. The average molecular weight is 657 g/mol. The largest absolute Gasteiger partial charge is 0.573 e. The van der Waals surface area contributed by atoms with Crippen molar-refractivity contribution in [3.05, 3.63) is 132 Å². The van der Waals surface area contributed by atoms with E-state index in [9.17, 15) is 22.0 Å².